The van der Waals surface area contributed by atoms with E-state index in [9.17, 15) is 0 Å². The Hall–Kier alpha value is -1.94. The van der Waals surface area contributed by atoms with Crippen molar-refractivity contribution >= 4 is 0 Å². The largest absolute Gasteiger partial charge is 0.489 e. The number of nitrogens with one attached hydrogen (secondary N) is 1. The van der Waals surface area contributed by atoms with E-state index in [2.05, 4.69) is 34.3 Å². The van der Waals surface area contributed by atoms with Crippen LogP contribution in [-0.4, -0.2) is 30.2 Å². The third-order valence-electron chi connectivity index (χ3n) is 2.56. The Bertz CT molecular complexity index is 479. The second-order valence-corrected chi connectivity index (χ2v) is 4.06. The van der Waals surface area contributed by atoms with Crippen LogP contribution in [0.25, 0.3) is 11.4 Å². The van der Waals surface area contributed by atoms with E-state index in [4.69, 9.17) is 4.74 Å². The van der Waals surface area contributed by atoms with E-state index in [0.717, 1.165) is 17.9 Å². The van der Waals surface area contributed by atoms with Gasteiger partial charge in [-0.1, -0.05) is 29.8 Å². The normalized spacial score (nSPS) is 10.3. The van der Waals surface area contributed by atoms with Crippen LogP contribution in [0, 0.1) is 6.92 Å². The van der Waals surface area contributed by atoms with Gasteiger partial charge in [-0.15, -0.1) is 0 Å². The summed E-state index contributed by atoms with van der Waals surface area (Å²) in [6.45, 7) is 3.48. The van der Waals surface area contributed by atoms with Gasteiger partial charge in [0.1, 0.15) is 6.61 Å². The first-order valence-electron chi connectivity index (χ1n) is 5.96. The van der Waals surface area contributed by atoms with E-state index in [1.54, 1.807) is 12.4 Å². The summed E-state index contributed by atoms with van der Waals surface area (Å²) in [6, 6.07) is 8.14. The highest BCUT2D eigenvalue weighted by Gasteiger charge is 2.01. The lowest BCUT2D eigenvalue weighted by molar-refractivity contribution is 0.316. The van der Waals surface area contributed by atoms with Gasteiger partial charge < -0.3 is 10.1 Å². The van der Waals surface area contributed by atoms with Crippen LogP contribution >= 0.6 is 0 Å². The molecule has 0 unspecified atom stereocenters. The molecule has 4 heteroatoms. The van der Waals surface area contributed by atoms with Crippen LogP contribution in [0.5, 0.6) is 5.75 Å². The molecule has 2 aromatic rings. The summed E-state index contributed by atoms with van der Waals surface area (Å²) >= 11 is 0. The van der Waals surface area contributed by atoms with E-state index in [0.29, 0.717) is 12.4 Å². The number of hydrogen-bond acceptors (Lipinski definition) is 4. The molecule has 0 radical (unpaired) electrons. The Kier molecular flexibility index (Phi) is 4.25. The third kappa shape index (κ3) is 3.28. The zero-order chi connectivity index (χ0) is 12.8. The molecule has 94 valence electrons. The quantitative estimate of drug-likeness (QED) is 0.816. The lowest BCUT2D eigenvalue weighted by atomic mass is 10.1. The molecule has 0 spiro atoms. The molecule has 0 saturated heterocycles. The van der Waals surface area contributed by atoms with E-state index >= 15 is 0 Å². The fourth-order valence-corrected chi connectivity index (χ4v) is 1.51. The second kappa shape index (κ2) is 6.12. The summed E-state index contributed by atoms with van der Waals surface area (Å²) in [5, 5.41) is 3.01. The molecule has 0 amide bonds. The summed E-state index contributed by atoms with van der Waals surface area (Å²) in [4.78, 5) is 8.60. The van der Waals surface area contributed by atoms with Crippen molar-refractivity contribution in [2.75, 3.05) is 20.2 Å². The van der Waals surface area contributed by atoms with Gasteiger partial charge in [0.25, 0.3) is 0 Å². The smallest absolute Gasteiger partial charge is 0.159 e. The molecule has 2 rings (SSSR count). The van der Waals surface area contributed by atoms with Gasteiger partial charge in [-0.3, -0.25) is 0 Å². The average molecular weight is 243 g/mol. The lowest BCUT2D eigenvalue weighted by Gasteiger charge is -2.05. The van der Waals surface area contributed by atoms with Crippen LogP contribution in [-0.2, 0) is 0 Å². The van der Waals surface area contributed by atoms with E-state index in [-0.39, 0.29) is 0 Å². The van der Waals surface area contributed by atoms with E-state index < -0.39 is 0 Å². The SMILES string of the molecule is CNCCOc1cnc(-c2ccc(C)cc2)nc1. The maximum Gasteiger partial charge on any atom is 0.159 e. The van der Waals surface area contributed by atoms with Gasteiger partial charge in [0, 0.05) is 12.1 Å². The predicted molar refractivity (Wildman–Crippen MR) is 71.6 cm³/mol. The van der Waals surface area contributed by atoms with Gasteiger partial charge in [0.05, 0.1) is 12.4 Å². The minimum atomic E-state index is 0.615. The molecular formula is C14H17N3O. The van der Waals surface area contributed by atoms with Crippen molar-refractivity contribution in [3.05, 3.63) is 42.2 Å². The first-order chi connectivity index (χ1) is 8.79. The second-order valence-electron chi connectivity index (χ2n) is 4.06. The van der Waals surface area contributed by atoms with Crippen molar-refractivity contribution in [3.8, 4) is 17.1 Å². The molecule has 1 aromatic heterocycles. The summed E-state index contributed by atoms with van der Waals surface area (Å²) in [5.74, 6) is 1.41. The first-order valence-corrected chi connectivity index (χ1v) is 5.96. The highest BCUT2D eigenvalue weighted by atomic mass is 16.5. The lowest BCUT2D eigenvalue weighted by Crippen LogP contribution is -2.16. The number of likely N-dealkylation sites (N-methyl/N-ethyl adjacent to an activating group) is 1. The summed E-state index contributed by atoms with van der Waals surface area (Å²) in [5.41, 5.74) is 2.24. The fourth-order valence-electron chi connectivity index (χ4n) is 1.51. The van der Waals surface area contributed by atoms with Crippen molar-refractivity contribution in [3.63, 3.8) is 0 Å². The number of aryl methyl sites for hydroxylation is 1. The molecule has 0 aliphatic carbocycles. The molecule has 0 aliphatic heterocycles. The zero-order valence-electron chi connectivity index (χ0n) is 10.7. The molecule has 0 atom stereocenters. The third-order valence-corrected chi connectivity index (χ3v) is 2.56. The Balaban J connectivity index is 2.05. The fraction of sp³-hybridized carbons (Fsp3) is 0.286. The Morgan fingerprint density at radius 3 is 2.39 bits per heavy atom. The summed E-state index contributed by atoms with van der Waals surface area (Å²) in [7, 11) is 1.89. The van der Waals surface area contributed by atoms with Crippen LogP contribution in [0.3, 0.4) is 0 Å². The van der Waals surface area contributed by atoms with Crippen molar-refractivity contribution in [2.24, 2.45) is 0 Å². The molecule has 1 heterocycles. The maximum absolute atomic E-state index is 5.47. The zero-order valence-corrected chi connectivity index (χ0v) is 10.7. The Morgan fingerprint density at radius 2 is 1.78 bits per heavy atom. The number of rotatable bonds is 5. The minimum Gasteiger partial charge on any atom is -0.489 e. The molecule has 1 N–H and O–H groups in total. The average Bonchev–Trinajstić information content (AvgIpc) is 2.41. The summed E-state index contributed by atoms with van der Waals surface area (Å²) < 4.78 is 5.47. The molecule has 1 aromatic carbocycles. The number of ether oxygens (including phenoxy) is 1. The van der Waals surface area contributed by atoms with Crippen LogP contribution < -0.4 is 10.1 Å². The number of nitrogens with zero attached hydrogens (tertiary/aromatic N) is 2. The molecule has 4 nitrogen and oxygen atoms in total. The molecule has 0 fully saturated rings. The predicted octanol–water partition coefficient (Wildman–Crippen LogP) is 2.05. The van der Waals surface area contributed by atoms with Gasteiger partial charge >= 0.3 is 0 Å². The van der Waals surface area contributed by atoms with E-state index in [1.807, 2.05) is 19.2 Å². The molecule has 18 heavy (non-hydrogen) atoms. The van der Waals surface area contributed by atoms with Crippen LogP contribution in [0.4, 0.5) is 0 Å². The van der Waals surface area contributed by atoms with Gasteiger partial charge in [0.2, 0.25) is 0 Å². The van der Waals surface area contributed by atoms with Crippen LogP contribution in [0.1, 0.15) is 5.56 Å². The topological polar surface area (TPSA) is 47.0 Å². The number of benzene rings is 1. The van der Waals surface area contributed by atoms with E-state index in [1.165, 1.54) is 5.56 Å². The Morgan fingerprint density at radius 1 is 1.11 bits per heavy atom. The van der Waals surface area contributed by atoms with Gasteiger partial charge in [-0.2, -0.15) is 0 Å². The van der Waals surface area contributed by atoms with Gasteiger partial charge in [0.15, 0.2) is 11.6 Å². The number of aromatic nitrogens is 2. The maximum atomic E-state index is 5.47. The molecular weight excluding hydrogens is 226 g/mol. The standard InChI is InChI=1S/C14H17N3O/c1-11-3-5-12(6-4-11)14-16-9-13(10-17-14)18-8-7-15-2/h3-6,9-10,15H,7-8H2,1-2H3. The van der Waals surface area contributed by atoms with Crippen LogP contribution in [0.2, 0.25) is 0 Å². The van der Waals surface area contributed by atoms with Crippen molar-refractivity contribution in [2.45, 2.75) is 6.92 Å². The monoisotopic (exact) mass is 243 g/mol. The minimum absolute atomic E-state index is 0.615. The number of hydrogen-bond donors (Lipinski definition) is 1. The first kappa shape index (κ1) is 12.5. The van der Waals surface area contributed by atoms with Crippen molar-refractivity contribution in [1.29, 1.82) is 0 Å². The van der Waals surface area contributed by atoms with Crippen LogP contribution in [0.15, 0.2) is 36.7 Å². The highest BCUT2D eigenvalue weighted by Crippen LogP contribution is 2.16. The highest BCUT2D eigenvalue weighted by molar-refractivity contribution is 5.55. The molecule has 0 saturated carbocycles. The van der Waals surface area contributed by atoms with Crippen molar-refractivity contribution in [1.82, 2.24) is 15.3 Å². The van der Waals surface area contributed by atoms with Gasteiger partial charge in [-0.05, 0) is 14.0 Å². The molecule has 0 bridgehead atoms. The van der Waals surface area contributed by atoms with Gasteiger partial charge in [-0.25, -0.2) is 9.97 Å². The summed E-state index contributed by atoms with van der Waals surface area (Å²) in [6.07, 6.45) is 3.41. The molecule has 0 aliphatic rings. The Labute approximate surface area is 107 Å². The van der Waals surface area contributed by atoms with Crippen molar-refractivity contribution < 1.29 is 4.74 Å².